The maximum atomic E-state index is 12.4. The average Bonchev–Trinajstić information content (AvgIpc) is 3.03. The van der Waals surface area contributed by atoms with Crippen LogP contribution in [0.5, 0.6) is 0 Å². The minimum atomic E-state index is -0.172. The number of pyridine rings is 1. The third-order valence-electron chi connectivity index (χ3n) is 4.22. The lowest BCUT2D eigenvalue weighted by atomic mass is 9.89. The molecular formula is C19H19Cl2N3O2. The number of carbonyl (C=O) groups is 1. The first-order chi connectivity index (χ1) is 12.6. The van der Waals surface area contributed by atoms with E-state index in [2.05, 4.69) is 15.3 Å². The van der Waals surface area contributed by atoms with Gasteiger partial charge in [-0.3, -0.25) is 4.79 Å². The van der Waals surface area contributed by atoms with E-state index in [4.69, 9.17) is 27.9 Å². The molecule has 0 spiro atoms. The molecule has 0 radical (unpaired) electrons. The largest absolute Gasteiger partial charge is 0.383 e. The number of hydrogen-bond acceptors (Lipinski definition) is 3. The molecule has 2 heterocycles. The topological polar surface area (TPSA) is 67.0 Å². The second kappa shape index (κ2) is 8.54. The summed E-state index contributed by atoms with van der Waals surface area (Å²) in [4.78, 5) is 19.8. The Hall–Kier alpha value is -2.08. The van der Waals surface area contributed by atoms with Crippen LogP contribution in [-0.2, 0) is 9.53 Å². The van der Waals surface area contributed by atoms with Crippen LogP contribution in [0.3, 0.4) is 0 Å². The van der Waals surface area contributed by atoms with Crippen LogP contribution in [0.2, 0.25) is 10.2 Å². The molecule has 5 nitrogen and oxygen atoms in total. The van der Waals surface area contributed by atoms with Gasteiger partial charge in [-0.15, -0.1) is 0 Å². The summed E-state index contributed by atoms with van der Waals surface area (Å²) in [6.07, 6.45) is 3.91. The van der Waals surface area contributed by atoms with Gasteiger partial charge in [-0.25, -0.2) is 4.98 Å². The number of ether oxygens (including phenoxy) is 1. The predicted molar refractivity (Wildman–Crippen MR) is 104 cm³/mol. The number of halogens is 2. The van der Waals surface area contributed by atoms with Gasteiger partial charge < -0.3 is 15.0 Å². The van der Waals surface area contributed by atoms with E-state index in [1.54, 1.807) is 19.4 Å². The van der Waals surface area contributed by atoms with Crippen molar-refractivity contribution in [2.45, 2.75) is 12.3 Å². The zero-order valence-electron chi connectivity index (χ0n) is 14.3. The Morgan fingerprint density at radius 3 is 2.88 bits per heavy atom. The summed E-state index contributed by atoms with van der Waals surface area (Å²) < 4.78 is 4.98. The summed E-state index contributed by atoms with van der Waals surface area (Å²) in [6, 6.07) is 9.29. The quantitative estimate of drug-likeness (QED) is 0.469. The van der Waals surface area contributed by atoms with Crippen molar-refractivity contribution < 1.29 is 9.53 Å². The van der Waals surface area contributed by atoms with E-state index in [9.17, 15) is 4.79 Å². The number of amides is 1. The fraction of sp³-hybridized carbons (Fsp3) is 0.263. The highest BCUT2D eigenvalue weighted by atomic mass is 35.5. The van der Waals surface area contributed by atoms with Crippen LogP contribution in [-0.4, -0.2) is 36.1 Å². The molecule has 0 saturated carbocycles. The maximum Gasteiger partial charge on any atom is 0.221 e. The molecule has 3 aromatic rings. The van der Waals surface area contributed by atoms with Gasteiger partial charge in [-0.05, 0) is 35.4 Å². The number of nitrogens with zero attached hydrogens (tertiary/aromatic N) is 1. The summed E-state index contributed by atoms with van der Waals surface area (Å²) in [5, 5.41) is 4.92. The molecule has 0 saturated heterocycles. The highest BCUT2D eigenvalue weighted by Crippen LogP contribution is 2.34. The van der Waals surface area contributed by atoms with E-state index in [1.165, 1.54) is 0 Å². The lowest BCUT2D eigenvalue weighted by Gasteiger charge is -2.17. The molecule has 136 valence electrons. The summed E-state index contributed by atoms with van der Waals surface area (Å²) in [7, 11) is 1.60. The van der Waals surface area contributed by atoms with Gasteiger partial charge in [0.15, 0.2) is 0 Å². The summed E-state index contributed by atoms with van der Waals surface area (Å²) >= 11 is 12.1. The Kier molecular flexibility index (Phi) is 6.14. The number of H-pyrrole nitrogens is 1. The van der Waals surface area contributed by atoms with Gasteiger partial charge >= 0.3 is 0 Å². The van der Waals surface area contributed by atoms with E-state index >= 15 is 0 Å². The number of fused-ring (bicyclic) bond motifs is 1. The van der Waals surface area contributed by atoms with E-state index < -0.39 is 0 Å². The number of methoxy groups -OCH3 is 1. The zero-order chi connectivity index (χ0) is 18.5. The fourth-order valence-electron chi connectivity index (χ4n) is 2.95. The van der Waals surface area contributed by atoms with Crippen LogP contribution < -0.4 is 5.32 Å². The Morgan fingerprint density at radius 2 is 2.15 bits per heavy atom. The minimum Gasteiger partial charge on any atom is -0.383 e. The van der Waals surface area contributed by atoms with Crippen molar-refractivity contribution in [2.24, 2.45) is 0 Å². The van der Waals surface area contributed by atoms with Crippen molar-refractivity contribution in [3.63, 3.8) is 0 Å². The van der Waals surface area contributed by atoms with Crippen LogP contribution in [0.25, 0.3) is 10.9 Å². The molecule has 0 bridgehead atoms. The van der Waals surface area contributed by atoms with Crippen molar-refractivity contribution in [3.8, 4) is 0 Å². The second-order valence-electron chi connectivity index (χ2n) is 5.95. The van der Waals surface area contributed by atoms with Gasteiger partial charge in [0.1, 0.15) is 5.15 Å². The zero-order valence-corrected chi connectivity index (χ0v) is 15.8. The highest BCUT2D eigenvalue weighted by Gasteiger charge is 2.22. The smallest absolute Gasteiger partial charge is 0.221 e. The maximum absolute atomic E-state index is 12.4. The number of rotatable bonds is 7. The number of aromatic amines is 1. The molecule has 3 rings (SSSR count). The summed E-state index contributed by atoms with van der Waals surface area (Å²) in [5.74, 6) is -0.229. The van der Waals surface area contributed by atoms with E-state index in [0.29, 0.717) is 23.3 Å². The molecule has 26 heavy (non-hydrogen) atoms. The van der Waals surface area contributed by atoms with Gasteiger partial charge in [0.05, 0.1) is 6.61 Å². The van der Waals surface area contributed by atoms with E-state index in [-0.39, 0.29) is 18.2 Å². The minimum absolute atomic E-state index is 0.0571. The Labute approximate surface area is 161 Å². The van der Waals surface area contributed by atoms with Gasteiger partial charge in [0.25, 0.3) is 0 Å². The third kappa shape index (κ3) is 4.36. The van der Waals surface area contributed by atoms with E-state index in [1.807, 2.05) is 30.5 Å². The monoisotopic (exact) mass is 391 g/mol. The molecular weight excluding hydrogens is 373 g/mol. The molecule has 1 amide bonds. The Morgan fingerprint density at radius 1 is 1.31 bits per heavy atom. The van der Waals surface area contributed by atoms with Crippen molar-refractivity contribution in [3.05, 3.63) is 64.0 Å². The van der Waals surface area contributed by atoms with Gasteiger partial charge in [-0.2, -0.15) is 0 Å². The summed E-state index contributed by atoms with van der Waals surface area (Å²) in [5.41, 5.74) is 2.88. The van der Waals surface area contributed by atoms with Gasteiger partial charge in [0.2, 0.25) is 5.91 Å². The SMILES string of the molecule is COCCNC(=O)C[C@H](c1ccc(Cl)nc1)c1c[nH]c2ccc(Cl)cc12. The van der Waals surface area contributed by atoms with Gasteiger partial charge in [-0.1, -0.05) is 29.3 Å². The molecule has 1 aromatic carbocycles. The molecule has 0 fully saturated rings. The molecule has 0 aliphatic heterocycles. The molecule has 0 aliphatic carbocycles. The van der Waals surface area contributed by atoms with Gasteiger partial charge in [0, 0.05) is 54.3 Å². The molecule has 2 N–H and O–H groups in total. The standard InChI is InChI=1S/C19H19Cl2N3O2/c1-26-7-6-22-19(25)9-14(12-2-5-18(21)24-10-12)16-11-23-17-4-3-13(20)8-15(16)17/h2-5,8,10-11,14,23H,6-7,9H2,1H3,(H,22,25)/t14-/m1/s1. The first-order valence-corrected chi connectivity index (χ1v) is 8.97. The molecule has 2 aromatic heterocycles. The number of benzene rings is 1. The lowest BCUT2D eigenvalue weighted by molar-refractivity contribution is -0.121. The molecule has 1 atom stereocenters. The fourth-order valence-corrected chi connectivity index (χ4v) is 3.24. The normalized spacial score (nSPS) is 12.3. The Bertz CT molecular complexity index is 893. The summed E-state index contributed by atoms with van der Waals surface area (Å²) in [6.45, 7) is 0.947. The van der Waals surface area contributed by atoms with Crippen molar-refractivity contribution >= 4 is 40.0 Å². The third-order valence-corrected chi connectivity index (χ3v) is 4.68. The molecule has 7 heteroatoms. The average molecular weight is 392 g/mol. The lowest BCUT2D eigenvalue weighted by Crippen LogP contribution is -2.28. The number of nitrogens with one attached hydrogen (secondary N) is 2. The number of aromatic nitrogens is 2. The van der Waals surface area contributed by atoms with Crippen LogP contribution >= 0.6 is 23.2 Å². The van der Waals surface area contributed by atoms with Crippen LogP contribution in [0.4, 0.5) is 0 Å². The number of carbonyl (C=O) groups excluding carboxylic acids is 1. The van der Waals surface area contributed by atoms with E-state index in [0.717, 1.165) is 22.0 Å². The van der Waals surface area contributed by atoms with Crippen LogP contribution in [0.1, 0.15) is 23.5 Å². The molecule has 0 aliphatic rings. The van der Waals surface area contributed by atoms with Crippen molar-refractivity contribution in [1.29, 1.82) is 0 Å². The first kappa shape index (κ1) is 18.7. The van der Waals surface area contributed by atoms with Crippen LogP contribution in [0.15, 0.2) is 42.7 Å². The van der Waals surface area contributed by atoms with Crippen molar-refractivity contribution in [2.75, 3.05) is 20.3 Å². The van der Waals surface area contributed by atoms with Crippen molar-refractivity contribution in [1.82, 2.24) is 15.3 Å². The number of hydrogen-bond donors (Lipinski definition) is 2. The molecule has 0 unspecified atom stereocenters. The van der Waals surface area contributed by atoms with Crippen LogP contribution in [0, 0.1) is 0 Å². The first-order valence-electron chi connectivity index (χ1n) is 8.22. The predicted octanol–water partition coefficient (Wildman–Crippen LogP) is 4.15. The Balaban J connectivity index is 1.95. The second-order valence-corrected chi connectivity index (χ2v) is 6.77. The highest BCUT2D eigenvalue weighted by molar-refractivity contribution is 6.31.